The van der Waals surface area contributed by atoms with E-state index in [4.69, 9.17) is 9.16 Å². The van der Waals surface area contributed by atoms with Gasteiger partial charge in [0.1, 0.15) is 17.1 Å². The Bertz CT molecular complexity index is 826. The third-order valence-corrected chi connectivity index (χ3v) is 13.0. The van der Waals surface area contributed by atoms with Crippen LogP contribution in [0.5, 0.6) is 11.5 Å². The van der Waals surface area contributed by atoms with Gasteiger partial charge >= 0.3 is 0 Å². The van der Waals surface area contributed by atoms with Crippen molar-refractivity contribution in [2.24, 2.45) is 0 Å². The van der Waals surface area contributed by atoms with E-state index < -0.39 is 8.32 Å². The molecule has 0 fully saturated rings. The largest absolute Gasteiger partial charge is 0.543 e. The van der Waals surface area contributed by atoms with Gasteiger partial charge in [-0.2, -0.15) is 0 Å². The first-order valence-corrected chi connectivity index (χ1v) is 13.4. The molecule has 1 aliphatic rings. The Kier molecular flexibility index (Phi) is 5.84. The van der Waals surface area contributed by atoms with Gasteiger partial charge < -0.3 is 9.16 Å². The highest BCUT2D eigenvalue weighted by atomic mass is 32.1. The Balaban J connectivity index is 1.99. The van der Waals surface area contributed by atoms with Crippen LogP contribution in [-0.4, -0.2) is 13.9 Å². The molecule has 4 heteroatoms. The molecule has 0 unspecified atom stereocenters. The van der Waals surface area contributed by atoms with Crippen molar-refractivity contribution in [3.63, 3.8) is 0 Å². The highest BCUT2D eigenvalue weighted by Gasteiger charge is 2.47. The average Bonchev–Trinajstić information content (AvgIpc) is 3.11. The molecule has 2 nitrogen and oxygen atoms in total. The standard InChI is InChI=1S/C24H34O2SSi/c1-16(2)28(17(3)4,18(5)6)26-20-12-11-19-14-21(23-10-9-13-27-23)24(7,8)25-22(19)15-20/h9-18H,1-8H3. The summed E-state index contributed by atoms with van der Waals surface area (Å²) in [6.07, 6.45) is 2.27. The second-order valence-corrected chi connectivity index (χ2v) is 15.6. The molecule has 28 heavy (non-hydrogen) atoms. The molecule has 0 amide bonds. The second-order valence-electron chi connectivity index (χ2n) is 9.27. The Morgan fingerprint density at radius 3 is 2.14 bits per heavy atom. The van der Waals surface area contributed by atoms with Crippen LogP contribution in [0.2, 0.25) is 16.6 Å². The molecule has 0 saturated heterocycles. The summed E-state index contributed by atoms with van der Waals surface area (Å²) in [6.45, 7) is 18.2. The van der Waals surface area contributed by atoms with Crippen LogP contribution in [0.15, 0.2) is 35.7 Å². The molecule has 1 aliphatic heterocycles. The molecule has 0 atom stereocenters. The molecule has 0 spiro atoms. The molecule has 0 bridgehead atoms. The first-order chi connectivity index (χ1) is 13.1. The lowest BCUT2D eigenvalue weighted by molar-refractivity contribution is 0.169. The summed E-state index contributed by atoms with van der Waals surface area (Å²) in [5.74, 6) is 1.87. The molecule has 3 rings (SSSR count). The highest BCUT2D eigenvalue weighted by Crippen LogP contribution is 2.46. The van der Waals surface area contributed by atoms with Crippen LogP contribution in [0.4, 0.5) is 0 Å². The fraction of sp³-hybridized carbons (Fsp3) is 0.500. The summed E-state index contributed by atoms with van der Waals surface area (Å²) in [7, 11) is -1.98. The molecule has 0 N–H and O–H groups in total. The van der Waals surface area contributed by atoms with Gasteiger partial charge in [0.25, 0.3) is 8.32 Å². The van der Waals surface area contributed by atoms with Gasteiger partial charge in [-0.25, -0.2) is 0 Å². The fourth-order valence-corrected chi connectivity index (χ4v) is 10.9. The summed E-state index contributed by atoms with van der Waals surface area (Å²) in [4.78, 5) is 1.27. The lowest BCUT2D eigenvalue weighted by Crippen LogP contribution is -2.50. The molecule has 2 aromatic rings. The zero-order valence-corrected chi connectivity index (χ0v) is 20.3. The third-order valence-electron chi connectivity index (χ3n) is 6.09. The van der Waals surface area contributed by atoms with Crippen molar-refractivity contribution >= 4 is 31.3 Å². The lowest BCUT2D eigenvalue weighted by Gasteiger charge is -2.42. The molecule has 0 aliphatic carbocycles. The SMILES string of the molecule is CC(C)[Si](Oc1ccc2c(c1)OC(C)(C)C(c1cccs1)=C2)(C(C)C)C(C)C. The number of hydrogen-bond acceptors (Lipinski definition) is 3. The summed E-state index contributed by atoms with van der Waals surface area (Å²) in [5.41, 5.74) is 3.64. The summed E-state index contributed by atoms with van der Waals surface area (Å²) >= 11 is 1.76. The first kappa shape index (κ1) is 21.2. The maximum atomic E-state index is 6.86. The smallest absolute Gasteiger partial charge is 0.258 e. The Morgan fingerprint density at radius 2 is 1.61 bits per heavy atom. The molecule has 1 aromatic carbocycles. The highest BCUT2D eigenvalue weighted by molar-refractivity contribution is 7.11. The minimum absolute atomic E-state index is 0.362. The van der Waals surface area contributed by atoms with Crippen LogP contribution in [-0.2, 0) is 0 Å². The first-order valence-electron chi connectivity index (χ1n) is 10.4. The van der Waals surface area contributed by atoms with E-state index in [1.807, 2.05) is 0 Å². The van der Waals surface area contributed by atoms with E-state index in [0.29, 0.717) is 16.6 Å². The minimum atomic E-state index is -1.98. The van der Waals surface area contributed by atoms with Crippen LogP contribution >= 0.6 is 11.3 Å². The van der Waals surface area contributed by atoms with Gasteiger partial charge in [-0.3, -0.25) is 0 Å². The van der Waals surface area contributed by atoms with Crippen molar-refractivity contribution in [2.75, 3.05) is 0 Å². The van der Waals surface area contributed by atoms with Crippen molar-refractivity contribution in [1.29, 1.82) is 0 Å². The van der Waals surface area contributed by atoms with Gasteiger partial charge in [-0.1, -0.05) is 47.6 Å². The van der Waals surface area contributed by atoms with Crippen LogP contribution < -0.4 is 9.16 Å². The van der Waals surface area contributed by atoms with E-state index in [1.165, 1.54) is 10.5 Å². The predicted octanol–water partition coefficient (Wildman–Crippen LogP) is 8.01. The molecular weight excluding hydrogens is 380 g/mol. The number of thiophene rings is 1. The fourth-order valence-electron chi connectivity index (χ4n) is 4.80. The van der Waals surface area contributed by atoms with Crippen molar-refractivity contribution < 1.29 is 9.16 Å². The van der Waals surface area contributed by atoms with E-state index >= 15 is 0 Å². The number of benzene rings is 1. The van der Waals surface area contributed by atoms with E-state index in [-0.39, 0.29) is 5.60 Å². The second kappa shape index (κ2) is 7.72. The molecule has 0 saturated carbocycles. The van der Waals surface area contributed by atoms with Crippen molar-refractivity contribution in [3.05, 3.63) is 46.2 Å². The number of rotatable bonds is 6. The summed E-state index contributed by atoms with van der Waals surface area (Å²) < 4.78 is 13.3. The zero-order chi connectivity index (χ0) is 20.7. The van der Waals surface area contributed by atoms with E-state index in [0.717, 1.165) is 17.1 Å². The van der Waals surface area contributed by atoms with Gasteiger partial charge in [-0.15, -0.1) is 11.3 Å². The van der Waals surface area contributed by atoms with Gasteiger partial charge in [-0.05, 0) is 60.1 Å². The lowest BCUT2D eigenvalue weighted by atomic mass is 9.91. The van der Waals surface area contributed by atoms with Crippen molar-refractivity contribution in [3.8, 4) is 11.5 Å². The van der Waals surface area contributed by atoms with Gasteiger partial charge in [0.2, 0.25) is 0 Å². The predicted molar refractivity (Wildman–Crippen MR) is 125 cm³/mol. The Hall–Kier alpha value is -1.52. The molecule has 2 heterocycles. The molecular formula is C24H34O2SSi. The van der Waals surface area contributed by atoms with Gasteiger partial charge in [0.05, 0.1) is 0 Å². The number of ether oxygens (including phenoxy) is 1. The van der Waals surface area contributed by atoms with E-state index in [2.05, 4.69) is 97.2 Å². The monoisotopic (exact) mass is 414 g/mol. The van der Waals surface area contributed by atoms with Gasteiger partial charge in [0, 0.05) is 22.1 Å². The topological polar surface area (TPSA) is 18.5 Å². The number of hydrogen-bond donors (Lipinski definition) is 0. The number of fused-ring (bicyclic) bond motifs is 1. The Morgan fingerprint density at radius 1 is 0.964 bits per heavy atom. The van der Waals surface area contributed by atoms with Crippen molar-refractivity contribution in [1.82, 2.24) is 0 Å². The van der Waals surface area contributed by atoms with E-state index in [9.17, 15) is 0 Å². The third kappa shape index (κ3) is 3.69. The van der Waals surface area contributed by atoms with Gasteiger partial charge in [0.15, 0.2) is 0 Å². The normalized spacial score (nSPS) is 16.2. The minimum Gasteiger partial charge on any atom is -0.543 e. The van der Waals surface area contributed by atoms with Crippen LogP contribution in [0.3, 0.4) is 0 Å². The quantitative estimate of drug-likeness (QED) is 0.446. The molecule has 152 valence electrons. The Labute approximate surface area is 175 Å². The average molecular weight is 415 g/mol. The van der Waals surface area contributed by atoms with E-state index in [1.54, 1.807) is 11.3 Å². The van der Waals surface area contributed by atoms with Crippen LogP contribution in [0.25, 0.3) is 11.6 Å². The van der Waals surface area contributed by atoms with Crippen LogP contribution in [0, 0.1) is 0 Å². The maximum absolute atomic E-state index is 6.86. The summed E-state index contributed by atoms with van der Waals surface area (Å²) in [6, 6.07) is 10.6. The van der Waals surface area contributed by atoms with Crippen molar-refractivity contribution in [2.45, 2.75) is 77.6 Å². The molecule has 1 aromatic heterocycles. The molecule has 0 radical (unpaired) electrons. The zero-order valence-electron chi connectivity index (χ0n) is 18.5. The van der Waals surface area contributed by atoms with Crippen LogP contribution in [0.1, 0.15) is 65.8 Å². The summed E-state index contributed by atoms with van der Waals surface area (Å²) in [5, 5.41) is 2.12. The maximum Gasteiger partial charge on any atom is 0.258 e.